The summed E-state index contributed by atoms with van der Waals surface area (Å²) in [5.74, 6) is 0.912. The fourth-order valence-electron chi connectivity index (χ4n) is 2.04. The average molecular weight is 184 g/mol. The molecule has 0 aromatic heterocycles. The predicted octanol–water partition coefficient (Wildman–Crippen LogP) is 0.491. The molecule has 1 aliphatic carbocycles. The van der Waals surface area contributed by atoms with E-state index in [9.17, 15) is 0 Å². The normalized spacial score (nSPS) is 37.4. The van der Waals surface area contributed by atoms with Crippen molar-refractivity contribution in [1.82, 2.24) is 5.32 Å². The van der Waals surface area contributed by atoms with Gasteiger partial charge < -0.3 is 15.8 Å². The Morgan fingerprint density at radius 2 is 2.15 bits per heavy atom. The highest BCUT2D eigenvalue weighted by Crippen LogP contribution is 2.32. The van der Waals surface area contributed by atoms with Crippen LogP contribution >= 0.6 is 0 Å². The number of nitrogens with one attached hydrogen (secondary N) is 1. The van der Waals surface area contributed by atoms with Crippen molar-refractivity contribution in [3.8, 4) is 0 Å². The van der Waals surface area contributed by atoms with Crippen molar-refractivity contribution in [2.75, 3.05) is 13.2 Å². The Hall–Kier alpha value is -0.120. The molecule has 3 N–H and O–H groups in total. The SMILES string of the molecule is CC(N[C@@H]1CCOC[C@H]1N)C1CC1. The first-order chi connectivity index (χ1) is 6.27. The third kappa shape index (κ3) is 2.42. The van der Waals surface area contributed by atoms with Crippen LogP contribution in [0.5, 0.6) is 0 Å². The van der Waals surface area contributed by atoms with Crippen LogP contribution in [0.2, 0.25) is 0 Å². The molecule has 2 fully saturated rings. The van der Waals surface area contributed by atoms with E-state index in [2.05, 4.69) is 12.2 Å². The number of ether oxygens (including phenoxy) is 1. The monoisotopic (exact) mass is 184 g/mol. The summed E-state index contributed by atoms with van der Waals surface area (Å²) < 4.78 is 5.30. The number of nitrogens with two attached hydrogens (primary N) is 1. The topological polar surface area (TPSA) is 47.3 Å². The molecule has 1 heterocycles. The van der Waals surface area contributed by atoms with Gasteiger partial charge in [-0.2, -0.15) is 0 Å². The molecule has 13 heavy (non-hydrogen) atoms. The first-order valence-electron chi connectivity index (χ1n) is 5.37. The first kappa shape index (κ1) is 9.44. The Kier molecular flexibility index (Phi) is 2.86. The Morgan fingerprint density at radius 1 is 1.38 bits per heavy atom. The lowest BCUT2D eigenvalue weighted by Gasteiger charge is -2.32. The predicted molar refractivity (Wildman–Crippen MR) is 52.5 cm³/mol. The van der Waals surface area contributed by atoms with Gasteiger partial charge in [0.1, 0.15) is 0 Å². The third-order valence-corrected chi connectivity index (χ3v) is 3.21. The lowest BCUT2D eigenvalue weighted by Crippen LogP contribution is -2.54. The molecular formula is C10H20N2O. The molecule has 0 radical (unpaired) electrons. The highest BCUT2D eigenvalue weighted by atomic mass is 16.5. The van der Waals surface area contributed by atoms with Gasteiger partial charge in [0.2, 0.25) is 0 Å². The third-order valence-electron chi connectivity index (χ3n) is 3.21. The van der Waals surface area contributed by atoms with Crippen molar-refractivity contribution < 1.29 is 4.74 Å². The summed E-state index contributed by atoms with van der Waals surface area (Å²) in [7, 11) is 0. The van der Waals surface area contributed by atoms with E-state index in [1.54, 1.807) is 0 Å². The number of hydrogen-bond acceptors (Lipinski definition) is 3. The molecule has 1 saturated carbocycles. The van der Waals surface area contributed by atoms with Gasteiger partial charge >= 0.3 is 0 Å². The van der Waals surface area contributed by atoms with Crippen molar-refractivity contribution >= 4 is 0 Å². The Labute approximate surface area is 80.0 Å². The van der Waals surface area contributed by atoms with Gasteiger partial charge in [-0.1, -0.05) is 0 Å². The van der Waals surface area contributed by atoms with Gasteiger partial charge in [-0.3, -0.25) is 0 Å². The van der Waals surface area contributed by atoms with Crippen molar-refractivity contribution in [3.63, 3.8) is 0 Å². The molecule has 3 nitrogen and oxygen atoms in total. The summed E-state index contributed by atoms with van der Waals surface area (Å²) in [5, 5.41) is 3.63. The zero-order valence-electron chi connectivity index (χ0n) is 8.33. The van der Waals surface area contributed by atoms with Crippen molar-refractivity contribution in [2.24, 2.45) is 11.7 Å². The van der Waals surface area contributed by atoms with Gasteiger partial charge in [0.25, 0.3) is 0 Å². The van der Waals surface area contributed by atoms with Gasteiger partial charge in [0.15, 0.2) is 0 Å². The molecule has 2 rings (SSSR count). The number of hydrogen-bond donors (Lipinski definition) is 2. The van der Waals surface area contributed by atoms with Crippen molar-refractivity contribution in [2.45, 2.75) is 44.3 Å². The molecule has 0 amide bonds. The maximum Gasteiger partial charge on any atom is 0.0632 e. The fourth-order valence-corrected chi connectivity index (χ4v) is 2.04. The average Bonchev–Trinajstić information content (AvgIpc) is 2.91. The van der Waals surface area contributed by atoms with E-state index in [1.807, 2.05) is 0 Å². The summed E-state index contributed by atoms with van der Waals surface area (Å²) in [6.07, 6.45) is 3.86. The summed E-state index contributed by atoms with van der Waals surface area (Å²) in [4.78, 5) is 0. The second kappa shape index (κ2) is 3.95. The molecule has 76 valence electrons. The standard InChI is InChI=1S/C10H20N2O/c1-7(8-2-3-8)12-10-4-5-13-6-9(10)11/h7-10,12H,2-6,11H2,1H3/t7?,9-,10-/m1/s1. The summed E-state index contributed by atoms with van der Waals surface area (Å²) >= 11 is 0. The Morgan fingerprint density at radius 3 is 2.77 bits per heavy atom. The molecule has 1 saturated heterocycles. The first-order valence-corrected chi connectivity index (χ1v) is 5.37. The molecule has 0 aromatic carbocycles. The Balaban J connectivity index is 1.77. The molecule has 1 aliphatic heterocycles. The van der Waals surface area contributed by atoms with E-state index in [1.165, 1.54) is 12.8 Å². The van der Waals surface area contributed by atoms with Crippen LogP contribution in [0.1, 0.15) is 26.2 Å². The molecule has 0 bridgehead atoms. The van der Waals surface area contributed by atoms with Crippen LogP contribution in [-0.4, -0.2) is 31.3 Å². The van der Waals surface area contributed by atoms with E-state index >= 15 is 0 Å². The van der Waals surface area contributed by atoms with Gasteiger partial charge in [0.05, 0.1) is 6.61 Å². The van der Waals surface area contributed by atoms with Crippen LogP contribution in [0.25, 0.3) is 0 Å². The summed E-state index contributed by atoms with van der Waals surface area (Å²) in [6.45, 7) is 3.86. The van der Waals surface area contributed by atoms with E-state index in [4.69, 9.17) is 10.5 Å². The molecule has 3 atom stereocenters. The van der Waals surface area contributed by atoms with E-state index < -0.39 is 0 Å². The van der Waals surface area contributed by atoms with Crippen LogP contribution in [-0.2, 0) is 4.74 Å². The highest BCUT2D eigenvalue weighted by Gasteiger charge is 2.31. The second-order valence-corrected chi connectivity index (χ2v) is 4.43. The van der Waals surface area contributed by atoms with Crippen LogP contribution in [0.3, 0.4) is 0 Å². The van der Waals surface area contributed by atoms with Crippen LogP contribution in [0.15, 0.2) is 0 Å². The fraction of sp³-hybridized carbons (Fsp3) is 1.00. The lowest BCUT2D eigenvalue weighted by atomic mass is 10.0. The largest absolute Gasteiger partial charge is 0.380 e. The van der Waals surface area contributed by atoms with E-state index in [0.29, 0.717) is 12.1 Å². The number of rotatable bonds is 3. The minimum absolute atomic E-state index is 0.190. The zero-order valence-corrected chi connectivity index (χ0v) is 8.33. The maximum absolute atomic E-state index is 5.96. The molecule has 3 heteroatoms. The van der Waals surface area contributed by atoms with Gasteiger partial charge in [-0.05, 0) is 32.1 Å². The van der Waals surface area contributed by atoms with E-state index in [-0.39, 0.29) is 6.04 Å². The molecular weight excluding hydrogens is 164 g/mol. The van der Waals surface area contributed by atoms with Crippen LogP contribution in [0, 0.1) is 5.92 Å². The quantitative estimate of drug-likeness (QED) is 0.671. The highest BCUT2D eigenvalue weighted by molar-refractivity contribution is 4.90. The summed E-state index contributed by atoms with van der Waals surface area (Å²) in [6, 6.07) is 1.31. The smallest absolute Gasteiger partial charge is 0.0632 e. The van der Waals surface area contributed by atoms with Gasteiger partial charge in [-0.25, -0.2) is 0 Å². The molecule has 1 unspecified atom stereocenters. The van der Waals surface area contributed by atoms with Crippen molar-refractivity contribution in [1.29, 1.82) is 0 Å². The molecule has 2 aliphatic rings. The van der Waals surface area contributed by atoms with Crippen LogP contribution in [0.4, 0.5) is 0 Å². The maximum atomic E-state index is 5.96. The second-order valence-electron chi connectivity index (χ2n) is 4.43. The van der Waals surface area contributed by atoms with Crippen LogP contribution < -0.4 is 11.1 Å². The van der Waals surface area contributed by atoms with Gasteiger partial charge in [0, 0.05) is 24.7 Å². The minimum atomic E-state index is 0.190. The lowest BCUT2D eigenvalue weighted by molar-refractivity contribution is 0.0586. The summed E-state index contributed by atoms with van der Waals surface area (Å²) in [5.41, 5.74) is 5.96. The zero-order chi connectivity index (χ0) is 9.26. The molecule has 0 spiro atoms. The van der Waals surface area contributed by atoms with Gasteiger partial charge in [-0.15, -0.1) is 0 Å². The minimum Gasteiger partial charge on any atom is -0.380 e. The molecule has 0 aromatic rings. The van der Waals surface area contributed by atoms with E-state index in [0.717, 1.165) is 25.6 Å². The van der Waals surface area contributed by atoms with Crippen molar-refractivity contribution in [3.05, 3.63) is 0 Å². The Bertz CT molecular complexity index is 170.